The molecule has 1 heterocycles. The van der Waals surface area contributed by atoms with E-state index in [-0.39, 0.29) is 11.9 Å². The summed E-state index contributed by atoms with van der Waals surface area (Å²) >= 11 is 0. The average molecular weight is 142 g/mol. The summed E-state index contributed by atoms with van der Waals surface area (Å²) < 4.78 is 0. The number of likely N-dealkylation sites (N-methyl/N-ethyl adjacent to an activating group) is 1. The van der Waals surface area contributed by atoms with E-state index in [2.05, 4.69) is 16.0 Å². The highest BCUT2D eigenvalue weighted by atomic mass is 16.2. The van der Waals surface area contributed by atoms with E-state index in [1.807, 2.05) is 0 Å². The van der Waals surface area contributed by atoms with Crippen molar-refractivity contribution in [2.45, 2.75) is 6.04 Å². The number of nitrogens with one attached hydrogen (secondary N) is 2. The molecule has 0 spiro atoms. The molecule has 1 amide bonds. The van der Waals surface area contributed by atoms with E-state index in [0.29, 0.717) is 6.54 Å². The number of piperazine rings is 1. The van der Waals surface area contributed by atoms with Gasteiger partial charge in [-0.2, -0.15) is 0 Å². The van der Waals surface area contributed by atoms with Crippen molar-refractivity contribution >= 4 is 5.91 Å². The van der Waals surface area contributed by atoms with Crippen LogP contribution in [0.3, 0.4) is 0 Å². The van der Waals surface area contributed by atoms with Crippen molar-refractivity contribution in [3.63, 3.8) is 0 Å². The molecule has 57 valence electrons. The molecule has 0 aromatic rings. The Morgan fingerprint density at radius 3 is 3.10 bits per heavy atom. The van der Waals surface area contributed by atoms with Crippen molar-refractivity contribution in [1.82, 2.24) is 16.0 Å². The van der Waals surface area contributed by atoms with Gasteiger partial charge < -0.3 is 10.6 Å². The highest BCUT2D eigenvalue weighted by Gasteiger charge is 2.19. The van der Waals surface area contributed by atoms with Crippen LogP contribution in [0.25, 0.3) is 0 Å². The first-order valence-corrected chi connectivity index (χ1v) is 3.43. The topological polar surface area (TPSA) is 55.2 Å². The number of rotatable bonds is 1. The third-order valence-electron chi connectivity index (χ3n) is 1.52. The molecule has 0 bridgehead atoms. The zero-order chi connectivity index (χ0) is 7.40. The molecule has 1 rings (SSSR count). The van der Waals surface area contributed by atoms with Crippen LogP contribution in [-0.2, 0) is 4.79 Å². The number of amides is 1. The van der Waals surface area contributed by atoms with E-state index in [1.54, 1.807) is 7.05 Å². The summed E-state index contributed by atoms with van der Waals surface area (Å²) in [5.41, 5.74) is 0. The van der Waals surface area contributed by atoms with E-state index in [0.717, 1.165) is 13.1 Å². The van der Waals surface area contributed by atoms with E-state index >= 15 is 0 Å². The van der Waals surface area contributed by atoms with Gasteiger partial charge in [0.2, 0.25) is 5.91 Å². The molecule has 2 N–H and O–H groups in total. The lowest BCUT2D eigenvalue weighted by atomic mass is 10.2. The second-order valence-corrected chi connectivity index (χ2v) is 2.24. The van der Waals surface area contributed by atoms with Crippen LogP contribution >= 0.6 is 0 Å². The maximum absolute atomic E-state index is 10.9. The molecule has 0 aliphatic carbocycles. The van der Waals surface area contributed by atoms with E-state index in [1.165, 1.54) is 0 Å². The van der Waals surface area contributed by atoms with Crippen LogP contribution in [0, 0.1) is 0 Å². The van der Waals surface area contributed by atoms with Crippen molar-refractivity contribution in [1.29, 1.82) is 0 Å². The summed E-state index contributed by atoms with van der Waals surface area (Å²) in [6.07, 6.45) is 0. The van der Waals surface area contributed by atoms with Gasteiger partial charge in [0.25, 0.3) is 0 Å². The predicted molar refractivity (Wildman–Crippen MR) is 37.7 cm³/mol. The Bertz CT molecular complexity index is 120. The van der Waals surface area contributed by atoms with Crippen molar-refractivity contribution in [2.75, 3.05) is 26.7 Å². The van der Waals surface area contributed by atoms with Crippen LogP contribution in [0.4, 0.5) is 0 Å². The zero-order valence-electron chi connectivity index (χ0n) is 6.05. The van der Waals surface area contributed by atoms with E-state index in [9.17, 15) is 4.79 Å². The minimum atomic E-state index is -0.168. The summed E-state index contributed by atoms with van der Waals surface area (Å²) in [7, 11) is 1.63. The highest BCUT2D eigenvalue weighted by Crippen LogP contribution is 1.87. The molecule has 0 aromatic heterocycles. The minimum absolute atomic E-state index is 0.00667. The standard InChI is InChI=1S/C6H12N3O/c1-7-6(10)5-4-8-2-3-9-5/h5,8H,2-4H2,1H3,(H,7,10). The number of hydrogen-bond donors (Lipinski definition) is 2. The van der Waals surface area contributed by atoms with Crippen LogP contribution in [-0.4, -0.2) is 38.6 Å². The molecule has 1 radical (unpaired) electrons. The fraction of sp³-hybridized carbons (Fsp3) is 0.833. The molecule has 4 nitrogen and oxygen atoms in total. The maximum atomic E-state index is 10.9. The second kappa shape index (κ2) is 3.53. The lowest BCUT2D eigenvalue weighted by Gasteiger charge is -2.20. The number of hydrogen-bond acceptors (Lipinski definition) is 2. The molecule has 1 fully saturated rings. The fourth-order valence-electron chi connectivity index (χ4n) is 0.945. The van der Waals surface area contributed by atoms with Gasteiger partial charge in [0.15, 0.2) is 0 Å². The van der Waals surface area contributed by atoms with Crippen molar-refractivity contribution in [3.8, 4) is 0 Å². The summed E-state index contributed by atoms with van der Waals surface area (Å²) in [4.78, 5) is 10.9. The molecule has 1 atom stereocenters. The molecule has 10 heavy (non-hydrogen) atoms. The summed E-state index contributed by atoms with van der Waals surface area (Å²) in [5, 5.41) is 9.78. The molecule has 1 aliphatic heterocycles. The smallest absolute Gasteiger partial charge is 0.239 e. The molecule has 4 heteroatoms. The average Bonchev–Trinajstić information content (AvgIpc) is 2.05. The third-order valence-corrected chi connectivity index (χ3v) is 1.52. The highest BCUT2D eigenvalue weighted by molar-refractivity contribution is 5.81. The molecular formula is C6H12N3O. The first kappa shape index (κ1) is 7.50. The van der Waals surface area contributed by atoms with Crippen LogP contribution in [0.5, 0.6) is 0 Å². The Hall–Kier alpha value is -0.610. The van der Waals surface area contributed by atoms with Crippen LogP contribution in [0.1, 0.15) is 0 Å². The zero-order valence-corrected chi connectivity index (χ0v) is 6.05. The van der Waals surface area contributed by atoms with Crippen LogP contribution in [0.15, 0.2) is 0 Å². The first-order chi connectivity index (χ1) is 4.84. The fourth-order valence-corrected chi connectivity index (χ4v) is 0.945. The van der Waals surface area contributed by atoms with E-state index in [4.69, 9.17) is 0 Å². The van der Waals surface area contributed by atoms with Gasteiger partial charge in [-0.25, -0.2) is 5.32 Å². The summed E-state index contributed by atoms with van der Waals surface area (Å²) in [5.74, 6) is 0.00667. The van der Waals surface area contributed by atoms with Gasteiger partial charge in [0.05, 0.1) is 0 Å². The largest absolute Gasteiger partial charge is 0.358 e. The molecule has 1 saturated heterocycles. The van der Waals surface area contributed by atoms with Gasteiger partial charge >= 0.3 is 0 Å². The maximum Gasteiger partial charge on any atom is 0.239 e. The van der Waals surface area contributed by atoms with Crippen molar-refractivity contribution in [3.05, 3.63) is 0 Å². The summed E-state index contributed by atoms with van der Waals surface area (Å²) in [6, 6.07) is -0.168. The van der Waals surface area contributed by atoms with Crippen molar-refractivity contribution in [2.24, 2.45) is 0 Å². The molecule has 0 aromatic carbocycles. The number of carbonyl (C=O) groups is 1. The van der Waals surface area contributed by atoms with E-state index < -0.39 is 0 Å². The van der Waals surface area contributed by atoms with Gasteiger partial charge in [0.1, 0.15) is 6.04 Å². The molecule has 1 aliphatic rings. The summed E-state index contributed by atoms with van der Waals surface area (Å²) in [6.45, 7) is 2.32. The monoisotopic (exact) mass is 142 g/mol. The number of carbonyl (C=O) groups excluding carboxylic acids is 1. The van der Waals surface area contributed by atoms with Crippen molar-refractivity contribution < 1.29 is 4.79 Å². The Balaban J connectivity index is 2.31. The van der Waals surface area contributed by atoms with Gasteiger partial charge in [-0.15, -0.1) is 0 Å². The SMILES string of the molecule is CNC(=O)C1CNCC[N]1. The Kier molecular flexibility index (Phi) is 2.65. The lowest BCUT2D eigenvalue weighted by Crippen LogP contribution is -2.51. The second-order valence-electron chi connectivity index (χ2n) is 2.24. The normalized spacial score (nSPS) is 25.9. The predicted octanol–water partition coefficient (Wildman–Crippen LogP) is -1.69. The molecule has 0 saturated carbocycles. The molecule has 1 unspecified atom stereocenters. The molecular weight excluding hydrogens is 130 g/mol. The van der Waals surface area contributed by atoms with Gasteiger partial charge in [-0.1, -0.05) is 0 Å². The third kappa shape index (κ3) is 1.68. The van der Waals surface area contributed by atoms with Gasteiger partial charge in [0, 0.05) is 26.7 Å². The lowest BCUT2D eigenvalue weighted by molar-refractivity contribution is -0.122. The van der Waals surface area contributed by atoms with Crippen LogP contribution in [0.2, 0.25) is 0 Å². The first-order valence-electron chi connectivity index (χ1n) is 3.43. The Labute approximate surface area is 60.4 Å². The van der Waals surface area contributed by atoms with Crippen LogP contribution < -0.4 is 16.0 Å². The number of nitrogens with zero attached hydrogens (tertiary/aromatic N) is 1. The minimum Gasteiger partial charge on any atom is -0.358 e. The van der Waals surface area contributed by atoms with Gasteiger partial charge in [-0.3, -0.25) is 4.79 Å². The Morgan fingerprint density at radius 2 is 2.60 bits per heavy atom. The van der Waals surface area contributed by atoms with Gasteiger partial charge in [-0.05, 0) is 0 Å². The quantitative estimate of drug-likeness (QED) is 0.459. The Morgan fingerprint density at radius 1 is 1.80 bits per heavy atom.